The lowest BCUT2D eigenvalue weighted by atomic mass is 10.0. The molecule has 0 aromatic heterocycles. The van der Waals surface area contributed by atoms with Gasteiger partial charge in [-0.3, -0.25) is 9.59 Å². The minimum atomic E-state index is -0.777. The summed E-state index contributed by atoms with van der Waals surface area (Å²) in [6, 6.07) is -0.689. The van der Waals surface area contributed by atoms with Crippen molar-refractivity contribution < 1.29 is 24.5 Å². The molecule has 0 aliphatic rings. The Morgan fingerprint density at radius 3 is 1.13 bits per heavy atom. The molecular formula is C48H95NO5. The molecule has 3 N–H and O–H groups in total. The summed E-state index contributed by atoms with van der Waals surface area (Å²) in [5, 5.41) is 23.6. The predicted octanol–water partition coefficient (Wildman–Crippen LogP) is 14.0. The fourth-order valence-corrected chi connectivity index (χ4v) is 7.73. The van der Waals surface area contributed by atoms with Crippen LogP contribution in [-0.2, 0) is 14.3 Å². The van der Waals surface area contributed by atoms with Gasteiger partial charge in [0.25, 0.3) is 0 Å². The minimum absolute atomic E-state index is 0.0856. The first kappa shape index (κ1) is 52.9. The van der Waals surface area contributed by atoms with Crippen LogP contribution in [0.25, 0.3) is 0 Å². The van der Waals surface area contributed by atoms with E-state index in [1.807, 2.05) is 0 Å². The first-order chi connectivity index (χ1) is 26.5. The summed E-state index contributed by atoms with van der Waals surface area (Å²) in [7, 11) is 0. The number of hydrogen-bond acceptors (Lipinski definition) is 5. The number of hydrogen-bond donors (Lipinski definition) is 3. The molecular weight excluding hydrogens is 671 g/mol. The number of nitrogens with one attached hydrogen (secondary N) is 1. The Labute approximate surface area is 336 Å². The lowest BCUT2D eigenvalue weighted by Gasteiger charge is -2.24. The Hall–Kier alpha value is -1.14. The van der Waals surface area contributed by atoms with Crippen molar-refractivity contribution in [1.29, 1.82) is 0 Å². The summed E-state index contributed by atoms with van der Waals surface area (Å²) in [6.45, 7) is 6.46. The van der Waals surface area contributed by atoms with Gasteiger partial charge in [0.15, 0.2) is 0 Å². The van der Waals surface area contributed by atoms with Crippen molar-refractivity contribution in [2.45, 2.75) is 289 Å². The molecule has 0 aliphatic heterocycles. The number of carbonyl (C=O) groups excluding carboxylic acids is 2. The van der Waals surface area contributed by atoms with Crippen molar-refractivity contribution in [2.24, 2.45) is 0 Å². The standard InChI is InChI=1S/C48H95NO5/c1-4-7-10-13-16-18-20-21-22-23-24-25-27-29-32-35-38-41-48(53)54-44(39-36-33-30-15-12-9-6-3)42-47(52)49-45(43-50)46(51)40-37-34-31-28-26-19-17-14-11-8-5-2/h44-46,50-51H,4-43H2,1-3H3,(H,49,52). The van der Waals surface area contributed by atoms with Crippen LogP contribution in [0.2, 0.25) is 0 Å². The Morgan fingerprint density at radius 2 is 0.778 bits per heavy atom. The number of esters is 1. The molecule has 0 saturated carbocycles. The van der Waals surface area contributed by atoms with Gasteiger partial charge in [0.05, 0.1) is 25.2 Å². The molecule has 322 valence electrons. The summed E-state index contributed by atoms with van der Waals surface area (Å²) in [4.78, 5) is 25.9. The molecule has 0 rings (SSSR count). The fourth-order valence-electron chi connectivity index (χ4n) is 7.73. The molecule has 3 atom stereocenters. The van der Waals surface area contributed by atoms with Crippen LogP contribution in [0.5, 0.6) is 0 Å². The van der Waals surface area contributed by atoms with E-state index in [9.17, 15) is 19.8 Å². The normalized spacial score (nSPS) is 13.2. The van der Waals surface area contributed by atoms with E-state index >= 15 is 0 Å². The quantitative estimate of drug-likeness (QED) is 0.0424. The average molecular weight is 766 g/mol. The van der Waals surface area contributed by atoms with Crippen LogP contribution in [0, 0.1) is 0 Å². The molecule has 0 fully saturated rings. The second-order valence-corrected chi connectivity index (χ2v) is 16.9. The molecule has 6 nitrogen and oxygen atoms in total. The zero-order valence-corrected chi connectivity index (χ0v) is 36.6. The highest BCUT2D eigenvalue weighted by atomic mass is 16.5. The highest BCUT2D eigenvalue weighted by Gasteiger charge is 2.24. The molecule has 3 unspecified atom stereocenters. The summed E-state index contributed by atoms with van der Waals surface area (Å²) >= 11 is 0. The van der Waals surface area contributed by atoms with E-state index in [-0.39, 0.29) is 24.9 Å². The van der Waals surface area contributed by atoms with Crippen molar-refractivity contribution in [1.82, 2.24) is 5.32 Å². The average Bonchev–Trinajstić information content (AvgIpc) is 3.16. The molecule has 0 spiro atoms. The number of aliphatic hydroxyl groups excluding tert-OH is 2. The molecule has 54 heavy (non-hydrogen) atoms. The maximum Gasteiger partial charge on any atom is 0.306 e. The summed E-state index contributed by atoms with van der Waals surface area (Å²) in [5.74, 6) is -0.461. The first-order valence-electron chi connectivity index (χ1n) is 24.3. The van der Waals surface area contributed by atoms with Crippen molar-refractivity contribution in [3.8, 4) is 0 Å². The van der Waals surface area contributed by atoms with Gasteiger partial charge < -0.3 is 20.3 Å². The molecule has 0 aromatic rings. The van der Waals surface area contributed by atoms with Crippen molar-refractivity contribution >= 4 is 11.9 Å². The number of unbranched alkanes of at least 4 members (excludes halogenated alkanes) is 32. The van der Waals surface area contributed by atoms with E-state index in [0.29, 0.717) is 19.3 Å². The maximum atomic E-state index is 13.1. The Bertz CT molecular complexity index is 776. The van der Waals surface area contributed by atoms with Gasteiger partial charge in [0.1, 0.15) is 6.10 Å². The van der Waals surface area contributed by atoms with Crippen molar-refractivity contribution in [2.75, 3.05) is 6.61 Å². The van der Waals surface area contributed by atoms with E-state index < -0.39 is 18.2 Å². The van der Waals surface area contributed by atoms with Gasteiger partial charge in [0, 0.05) is 6.42 Å². The van der Waals surface area contributed by atoms with E-state index in [1.165, 1.54) is 186 Å². The van der Waals surface area contributed by atoms with Gasteiger partial charge >= 0.3 is 5.97 Å². The van der Waals surface area contributed by atoms with Crippen LogP contribution < -0.4 is 5.32 Å². The van der Waals surface area contributed by atoms with E-state index in [4.69, 9.17) is 4.74 Å². The lowest BCUT2D eigenvalue weighted by molar-refractivity contribution is -0.151. The maximum absolute atomic E-state index is 13.1. The molecule has 0 heterocycles. The molecule has 1 amide bonds. The van der Waals surface area contributed by atoms with E-state index in [2.05, 4.69) is 26.1 Å². The Balaban J connectivity index is 4.33. The molecule has 0 bridgehead atoms. The molecule has 0 aromatic carbocycles. The van der Waals surface area contributed by atoms with E-state index in [0.717, 1.165) is 38.5 Å². The van der Waals surface area contributed by atoms with Gasteiger partial charge in [-0.2, -0.15) is 0 Å². The highest BCUT2D eigenvalue weighted by Crippen LogP contribution is 2.18. The molecule has 0 aliphatic carbocycles. The van der Waals surface area contributed by atoms with Crippen molar-refractivity contribution in [3.63, 3.8) is 0 Å². The zero-order valence-electron chi connectivity index (χ0n) is 36.6. The smallest absolute Gasteiger partial charge is 0.306 e. The SMILES string of the molecule is CCCCCCCCCCCCCCCCCCCC(=O)OC(CCCCCCCCC)CC(=O)NC(CO)C(O)CCCCCCCCCCCCC. The van der Waals surface area contributed by atoms with Crippen LogP contribution in [0.15, 0.2) is 0 Å². The van der Waals surface area contributed by atoms with Crippen LogP contribution in [-0.4, -0.2) is 46.9 Å². The van der Waals surface area contributed by atoms with Crippen LogP contribution in [0.1, 0.15) is 271 Å². The minimum Gasteiger partial charge on any atom is -0.462 e. The zero-order chi connectivity index (χ0) is 39.6. The third-order valence-corrected chi connectivity index (χ3v) is 11.4. The largest absolute Gasteiger partial charge is 0.462 e. The van der Waals surface area contributed by atoms with Gasteiger partial charge in [0.2, 0.25) is 5.91 Å². The number of rotatable bonds is 44. The molecule has 0 radical (unpaired) electrons. The Morgan fingerprint density at radius 1 is 0.463 bits per heavy atom. The van der Waals surface area contributed by atoms with Gasteiger partial charge in [-0.25, -0.2) is 0 Å². The second-order valence-electron chi connectivity index (χ2n) is 16.9. The van der Waals surface area contributed by atoms with Crippen molar-refractivity contribution in [3.05, 3.63) is 0 Å². The topological polar surface area (TPSA) is 95.9 Å². The van der Waals surface area contributed by atoms with Crippen LogP contribution in [0.3, 0.4) is 0 Å². The highest BCUT2D eigenvalue weighted by molar-refractivity contribution is 5.77. The summed E-state index contributed by atoms with van der Waals surface area (Å²) in [6.07, 6.45) is 44.6. The first-order valence-corrected chi connectivity index (χ1v) is 24.3. The Kier molecular flexibility index (Phi) is 42.1. The van der Waals surface area contributed by atoms with Gasteiger partial charge in [-0.15, -0.1) is 0 Å². The summed E-state index contributed by atoms with van der Waals surface area (Å²) in [5.41, 5.74) is 0. The van der Waals surface area contributed by atoms with Gasteiger partial charge in [-0.05, 0) is 25.7 Å². The molecule has 6 heteroatoms. The van der Waals surface area contributed by atoms with Crippen LogP contribution in [0.4, 0.5) is 0 Å². The fraction of sp³-hybridized carbons (Fsp3) is 0.958. The van der Waals surface area contributed by atoms with Gasteiger partial charge in [-0.1, -0.05) is 233 Å². The number of carbonyl (C=O) groups is 2. The predicted molar refractivity (Wildman–Crippen MR) is 232 cm³/mol. The number of aliphatic hydroxyl groups is 2. The third kappa shape index (κ3) is 37.8. The molecule has 0 saturated heterocycles. The summed E-state index contributed by atoms with van der Waals surface area (Å²) < 4.78 is 5.89. The lowest BCUT2D eigenvalue weighted by Crippen LogP contribution is -2.46. The number of ether oxygens (including phenoxy) is 1. The third-order valence-electron chi connectivity index (χ3n) is 11.4. The monoisotopic (exact) mass is 766 g/mol. The van der Waals surface area contributed by atoms with E-state index in [1.54, 1.807) is 0 Å². The second kappa shape index (κ2) is 43.0. The van der Waals surface area contributed by atoms with Crippen LogP contribution >= 0.6 is 0 Å². The number of amides is 1.